The Hall–Kier alpha value is -3.60. The number of rotatable bonds is 6. The number of amides is 1. The lowest BCUT2D eigenvalue weighted by Gasteiger charge is -2.21. The average Bonchev–Trinajstić information content (AvgIpc) is 3.42. The lowest BCUT2D eigenvalue weighted by atomic mass is 10.0. The molecule has 0 bridgehead atoms. The van der Waals surface area contributed by atoms with E-state index in [0.29, 0.717) is 18.8 Å². The van der Waals surface area contributed by atoms with Crippen LogP contribution in [0.25, 0.3) is 11.1 Å². The van der Waals surface area contributed by atoms with Crippen molar-refractivity contribution in [1.29, 1.82) is 0 Å². The van der Waals surface area contributed by atoms with Gasteiger partial charge in [0, 0.05) is 12.7 Å². The molecule has 0 saturated carbocycles. The normalized spacial score (nSPS) is 10.7. The first-order chi connectivity index (χ1) is 13.3. The van der Waals surface area contributed by atoms with E-state index < -0.39 is 0 Å². The molecule has 0 aliphatic carbocycles. The second-order valence-corrected chi connectivity index (χ2v) is 6.28. The van der Waals surface area contributed by atoms with Gasteiger partial charge in [0.25, 0.3) is 5.91 Å². The summed E-state index contributed by atoms with van der Waals surface area (Å²) in [4.78, 5) is 21.6. The molecule has 0 aliphatic heterocycles. The molecule has 0 atom stereocenters. The molecule has 4 aromatic rings. The number of H-pyrrole nitrogens is 1. The Morgan fingerprint density at radius 1 is 0.926 bits per heavy atom. The van der Waals surface area contributed by atoms with Gasteiger partial charge in [0.2, 0.25) is 0 Å². The third-order valence-electron chi connectivity index (χ3n) is 4.37. The van der Waals surface area contributed by atoms with Gasteiger partial charge in [-0.2, -0.15) is 0 Å². The minimum absolute atomic E-state index is 0.151. The van der Waals surface area contributed by atoms with E-state index in [1.54, 1.807) is 29.6 Å². The van der Waals surface area contributed by atoms with Gasteiger partial charge in [-0.1, -0.05) is 54.6 Å². The quantitative estimate of drug-likeness (QED) is 0.552. The van der Waals surface area contributed by atoms with Crippen LogP contribution in [0, 0.1) is 0 Å². The highest BCUT2D eigenvalue weighted by Gasteiger charge is 2.19. The number of aromatic amines is 1. The van der Waals surface area contributed by atoms with Gasteiger partial charge in [-0.05, 0) is 28.8 Å². The first-order valence-corrected chi connectivity index (χ1v) is 8.74. The second kappa shape index (κ2) is 7.74. The molecule has 0 radical (unpaired) electrons. The van der Waals surface area contributed by atoms with E-state index >= 15 is 0 Å². The van der Waals surface area contributed by atoms with E-state index in [0.717, 1.165) is 16.8 Å². The van der Waals surface area contributed by atoms with Crippen LogP contribution >= 0.6 is 0 Å². The van der Waals surface area contributed by atoms with Gasteiger partial charge < -0.3 is 14.3 Å². The van der Waals surface area contributed by atoms with Gasteiger partial charge in [0.1, 0.15) is 0 Å². The highest BCUT2D eigenvalue weighted by atomic mass is 16.3. The summed E-state index contributed by atoms with van der Waals surface area (Å²) in [5.74, 6) is 0.178. The van der Waals surface area contributed by atoms with E-state index in [1.807, 2.05) is 18.2 Å². The number of aromatic nitrogens is 2. The number of carbonyl (C=O) groups is 1. The minimum Gasteiger partial charge on any atom is -0.459 e. The zero-order valence-electron chi connectivity index (χ0n) is 14.7. The van der Waals surface area contributed by atoms with Crippen LogP contribution in [0.3, 0.4) is 0 Å². The van der Waals surface area contributed by atoms with Crippen molar-refractivity contribution in [2.45, 2.75) is 13.1 Å². The van der Waals surface area contributed by atoms with Crippen LogP contribution in [0.15, 0.2) is 89.9 Å². The number of imidazole rings is 1. The second-order valence-electron chi connectivity index (χ2n) is 6.28. The summed E-state index contributed by atoms with van der Waals surface area (Å²) in [5.41, 5.74) is 4.24. The number of nitrogens with zero attached hydrogens (tertiary/aromatic N) is 2. The van der Waals surface area contributed by atoms with Crippen molar-refractivity contribution in [2.24, 2.45) is 0 Å². The molecule has 0 saturated heterocycles. The van der Waals surface area contributed by atoms with Crippen LogP contribution in [-0.4, -0.2) is 20.8 Å². The topological polar surface area (TPSA) is 62.1 Å². The third-order valence-corrected chi connectivity index (χ3v) is 4.37. The SMILES string of the molecule is O=C(c1ccco1)N(Cc1ccc(-c2ccccc2)cc1)Cc1cnc[nH]1. The molecule has 1 amide bonds. The monoisotopic (exact) mass is 357 g/mol. The van der Waals surface area contributed by atoms with Crippen molar-refractivity contribution < 1.29 is 9.21 Å². The first-order valence-electron chi connectivity index (χ1n) is 8.74. The predicted molar refractivity (Wildman–Crippen MR) is 103 cm³/mol. The molecule has 5 heteroatoms. The van der Waals surface area contributed by atoms with Crippen molar-refractivity contribution in [2.75, 3.05) is 0 Å². The average molecular weight is 357 g/mol. The van der Waals surface area contributed by atoms with Crippen molar-refractivity contribution in [3.8, 4) is 11.1 Å². The Morgan fingerprint density at radius 2 is 1.70 bits per heavy atom. The van der Waals surface area contributed by atoms with Crippen LogP contribution in [-0.2, 0) is 13.1 Å². The molecule has 0 aliphatic rings. The van der Waals surface area contributed by atoms with Gasteiger partial charge in [-0.15, -0.1) is 0 Å². The Morgan fingerprint density at radius 3 is 2.37 bits per heavy atom. The van der Waals surface area contributed by atoms with Crippen LogP contribution in [0.1, 0.15) is 21.8 Å². The Kier molecular flexibility index (Phi) is 4.83. The summed E-state index contributed by atoms with van der Waals surface area (Å²) in [7, 11) is 0. The fourth-order valence-electron chi connectivity index (χ4n) is 2.99. The molecule has 134 valence electrons. The fourth-order valence-corrected chi connectivity index (χ4v) is 2.99. The highest BCUT2D eigenvalue weighted by molar-refractivity contribution is 5.91. The Labute approximate surface area is 157 Å². The molecule has 2 heterocycles. The standard InChI is InChI=1S/C22H19N3O2/c26-22(21-7-4-12-27-21)25(15-20-13-23-16-24-20)14-17-8-10-19(11-9-17)18-5-2-1-3-6-18/h1-13,16H,14-15H2,(H,23,24). The van der Waals surface area contributed by atoms with Crippen LogP contribution in [0.4, 0.5) is 0 Å². The molecule has 1 N–H and O–H groups in total. The molecule has 2 aromatic heterocycles. The maximum Gasteiger partial charge on any atom is 0.290 e. The number of benzene rings is 2. The highest BCUT2D eigenvalue weighted by Crippen LogP contribution is 2.21. The smallest absolute Gasteiger partial charge is 0.290 e. The van der Waals surface area contributed by atoms with E-state index in [-0.39, 0.29) is 5.91 Å². The van der Waals surface area contributed by atoms with Crippen molar-refractivity contribution in [3.63, 3.8) is 0 Å². The maximum atomic E-state index is 12.8. The molecule has 5 nitrogen and oxygen atoms in total. The van der Waals surface area contributed by atoms with E-state index in [9.17, 15) is 4.79 Å². The lowest BCUT2D eigenvalue weighted by Crippen LogP contribution is -2.30. The molecular weight excluding hydrogens is 338 g/mol. The van der Waals surface area contributed by atoms with Crippen LogP contribution in [0.5, 0.6) is 0 Å². The Bertz CT molecular complexity index is 976. The summed E-state index contributed by atoms with van der Waals surface area (Å²) >= 11 is 0. The van der Waals surface area contributed by atoms with E-state index in [1.165, 1.54) is 11.8 Å². The zero-order chi connectivity index (χ0) is 18.5. The van der Waals surface area contributed by atoms with Gasteiger partial charge in [-0.25, -0.2) is 4.98 Å². The molecule has 4 rings (SSSR count). The summed E-state index contributed by atoms with van der Waals surface area (Å²) in [6.45, 7) is 0.910. The van der Waals surface area contributed by atoms with Crippen LogP contribution in [0.2, 0.25) is 0 Å². The van der Waals surface area contributed by atoms with Gasteiger partial charge in [0.15, 0.2) is 5.76 Å². The molecule has 2 aromatic carbocycles. The maximum absolute atomic E-state index is 12.8. The molecular formula is C22H19N3O2. The first kappa shape index (κ1) is 16.8. The molecule has 0 spiro atoms. The molecule has 0 fully saturated rings. The Balaban J connectivity index is 1.54. The van der Waals surface area contributed by atoms with Crippen LogP contribution < -0.4 is 0 Å². The third kappa shape index (κ3) is 3.98. The van der Waals surface area contributed by atoms with Crippen molar-refractivity contribution in [3.05, 3.63) is 103 Å². The number of carbonyl (C=O) groups excluding carboxylic acids is 1. The number of hydrogen-bond acceptors (Lipinski definition) is 3. The molecule has 0 unspecified atom stereocenters. The molecule has 27 heavy (non-hydrogen) atoms. The lowest BCUT2D eigenvalue weighted by molar-refractivity contribution is 0.0695. The van der Waals surface area contributed by atoms with Gasteiger partial charge in [0.05, 0.1) is 24.8 Å². The number of furan rings is 1. The van der Waals surface area contributed by atoms with Crippen molar-refractivity contribution in [1.82, 2.24) is 14.9 Å². The predicted octanol–water partition coefficient (Wildman–Crippen LogP) is 4.51. The zero-order valence-corrected chi connectivity index (χ0v) is 14.7. The summed E-state index contributed by atoms with van der Waals surface area (Å²) in [6, 6.07) is 21.9. The van der Waals surface area contributed by atoms with Gasteiger partial charge in [-0.3, -0.25) is 4.79 Å². The largest absolute Gasteiger partial charge is 0.459 e. The number of hydrogen-bond donors (Lipinski definition) is 1. The van der Waals surface area contributed by atoms with E-state index in [2.05, 4.69) is 46.4 Å². The van der Waals surface area contributed by atoms with E-state index in [4.69, 9.17) is 4.42 Å². The number of nitrogens with one attached hydrogen (secondary N) is 1. The summed E-state index contributed by atoms with van der Waals surface area (Å²) < 4.78 is 5.29. The van der Waals surface area contributed by atoms with Gasteiger partial charge >= 0.3 is 0 Å². The minimum atomic E-state index is -0.151. The summed E-state index contributed by atoms with van der Waals surface area (Å²) in [5, 5.41) is 0. The summed E-state index contributed by atoms with van der Waals surface area (Å²) in [6.07, 6.45) is 4.84. The fraction of sp³-hybridized carbons (Fsp3) is 0.0909. The van der Waals surface area contributed by atoms with Crippen molar-refractivity contribution >= 4 is 5.91 Å².